The summed E-state index contributed by atoms with van der Waals surface area (Å²) in [6, 6.07) is 10.4. The van der Waals surface area contributed by atoms with E-state index in [9.17, 15) is 18.8 Å². The SMILES string of the molecule is CCCN1CCN(C(=O)Cn2c(=O)sc3cc(C(=O)c4ccc(F)cc4)ccc32)CC1. The average molecular weight is 442 g/mol. The molecule has 0 spiro atoms. The van der Waals surface area contributed by atoms with E-state index in [2.05, 4.69) is 11.8 Å². The highest BCUT2D eigenvalue weighted by Gasteiger charge is 2.22. The zero-order valence-electron chi connectivity index (χ0n) is 17.3. The molecule has 0 atom stereocenters. The molecular formula is C23H24FN3O3S. The molecule has 1 aliphatic rings. The highest BCUT2D eigenvalue weighted by Crippen LogP contribution is 2.21. The molecule has 1 amide bonds. The number of fused-ring (bicyclic) bond motifs is 1. The van der Waals surface area contributed by atoms with Crippen LogP contribution in [0, 0.1) is 5.82 Å². The third kappa shape index (κ3) is 4.60. The van der Waals surface area contributed by atoms with E-state index in [4.69, 9.17) is 0 Å². The fourth-order valence-corrected chi connectivity index (χ4v) is 4.83. The largest absolute Gasteiger partial charge is 0.339 e. The van der Waals surface area contributed by atoms with Crippen molar-refractivity contribution in [2.24, 2.45) is 0 Å². The molecule has 1 aliphatic heterocycles. The molecule has 31 heavy (non-hydrogen) atoms. The van der Waals surface area contributed by atoms with Crippen LogP contribution in [0.1, 0.15) is 29.3 Å². The number of benzene rings is 2. The summed E-state index contributed by atoms with van der Waals surface area (Å²) in [5.74, 6) is -0.710. The van der Waals surface area contributed by atoms with Crippen molar-refractivity contribution in [3.63, 3.8) is 0 Å². The molecular weight excluding hydrogens is 417 g/mol. The quantitative estimate of drug-likeness (QED) is 0.552. The zero-order valence-corrected chi connectivity index (χ0v) is 18.2. The molecule has 2 heterocycles. The van der Waals surface area contributed by atoms with Crippen LogP contribution >= 0.6 is 11.3 Å². The van der Waals surface area contributed by atoms with E-state index in [0.717, 1.165) is 37.4 Å². The summed E-state index contributed by atoms with van der Waals surface area (Å²) in [6.07, 6.45) is 1.09. The van der Waals surface area contributed by atoms with Gasteiger partial charge in [-0.1, -0.05) is 18.3 Å². The normalized spacial score (nSPS) is 14.8. The van der Waals surface area contributed by atoms with Gasteiger partial charge in [0.15, 0.2) is 5.78 Å². The number of nitrogens with zero attached hydrogens (tertiary/aromatic N) is 3. The van der Waals surface area contributed by atoms with Crippen LogP contribution in [0.2, 0.25) is 0 Å². The molecule has 1 fully saturated rings. The molecule has 1 aromatic heterocycles. The van der Waals surface area contributed by atoms with Crippen LogP contribution < -0.4 is 4.87 Å². The third-order valence-electron chi connectivity index (χ3n) is 5.60. The van der Waals surface area contributed by atoms with Gasteiger partial charge in [0.2, 0.25) is 5.91 Å². The average Bonchev–Trinajstić information content (AvgIpc) is 3.08. The Kier molecular flexibility index (Phi) is 6.29. The van der Waals surface area contributed by atoms with Crippen LogP contribution in [-0.4, -0.2) is 58.8 Å². The summed E-state index contributed by atoms with van der Waals surface area (Å²) in [4.78, 5) is 42.0. The van der Waals surface area contributed by atoms with Crippen LogP contribution in [-0.2, 0) is 11.3 Å². The Morgan fingerprint density at radius 3 is 2.35 bits per heavy atom. The van der Waals surface area contributed by atoms with Gasteiger partial charge in [-0.15, -0.1) is 0 Å². The van der Waals surface area contributed by atoms with Crippen molar-refractivity contribution in [3.8, 4) is 0 Å². The maximum absolute atomic E-state index is 13.1. The first kappa shape index (κ1) is 21.4. The van der Waals surface area contributed by atoms with E-state index in [0.29, 0.717) is 34.4 Å². The second kappa shape index (κ2) is 9.11. The second-order valence-electron chi connectivity index (χ2n) is 7.70. The van der Waals surface area contributed by atoms with Crippen molar-refractivity contribution in [3.05, 3.63) is 69.1 Å². The number of carbonyl (C=O) groups is 2. The lowest BCUT2D eigenvalue weighted by atomic mass is 10.0. The van der Waals surface area contributed by atoms with Gasteiger partial charge in [-0.3, -0.25) is 23.9 Å². The second-order valence-corrected chi connectivity index (χ2v) is 8.69. The highest BCUT2D eigenvalue weighted by molar-refractivity contribution is 7.16. The van der Waals surface area contributed by atoms with Gasteiger partial charge in [0.05, 0.1) is 10.2 Å². The van der Waals surface area contributed by atoms with Crippen molar-refractivity contribution >= 4 is 33.2 Å². The molecule has 162 valence electrons. The van der Waals surface area contributed by atoms with Crippen LogP contribution in [0.5, 0.6) is 0 Å². The number of piperazine rings is 1. The Balaban J connectivity index is 1.51. The van der Waals surface area contributed by atoms with E-state index in [-0.39, 0.29) is 23.1 Å². The smallest absolute Gasteiger partial charge is 0.308 e. The first-order chi connectivity index (χ1) is 15.0. The summed E-state index contributed by atoms with van der Waals surface area (Å²) >= 11 is 1.02. The molecule has 0 N–H and O–H groups in total. The minimum Gasteiger partial charge on any atom is -0.339 e. The van der Waals surface area contributed by atoms with Crippen molar-refractivity contribution in [2.45, 2.75) is 19.9 Å². The van der Waals surface area contributed by atoms with Gasteiger partial charge in [-0.25, -0.2) is 4.39 Å². The molecule has 0 aliphatic carbocycles. The lowest BCUT2D eigenvalue weighted by Gasteiger charge is -2.34. The number of thiazole rings is 1. The minimum atomic E-state index is -0.404. The number of ketones is 1. The molecule has 0 unspecified atom stereocenters. The zero-order chi connectivity index (χ0) is 22.0. The molecule has 2 aromatic carbocycles. The Hall–Kier alpha value is -2.84. The number of halogens is 1. The summed E-state index contributed by atoms with van der Waals surface area (Å²) < 4.78 is 15.3. The number of hydrogen-bond acceptors (Lipinski definition) is 5. The monoisotopic (exact) mass is 441 g/mol. The van der Waals surface area contributed by atoms with Crippen LogP contribution in [0.15, 0.2) is 47.3 Å². The van der Waals surface area contributed by atoms with Gasteiger partial charge in [0.1, 0.15) is 12.4 Å². The molecule has 8 heteroatoms. The van der Waals surface area contributed by atoms with E-state index >= 15 is 0 Å². The molecule has 4 rings (SSSR count). The van der Waals surface area contributed by atoms with Gasteiger partial charge in [-0.2, -0.15) is 0 Å². The van der Waals surface area contributed by atoms with Gasteiger partial charge in [0.25, 0.3) is 0 Å². The van der Waals surface area contributed by atoms with E-state index < -0.39 is 5.82 Å². The molecule has 1 saturated heterocycles. The summed E-state index contributed by atoms with van der Waals surface area (Å²) in [5.41, 5.74) is 1.44. The predicted octanol–water partition coefficient (Wildman–Crippen LogP) is 2.99. The van der Waals surface area contributed by atoms with Crippen molar-refractivity contribution < 1.29 is 14.0 Å². The van der Waals surface area contributed by atoms with Crippen molar-refractivity contribution in [2.75, 3.05) is 32.7 Å². The fraction of sp³-hybridized carbons (Fsp3) is 0.348. The Labute approximate surface area is 183 Å². The summed E-state index contributed by atoms with van der Waals surface area (Å²) in [7, 11) is 0. The standard InChI is InChI=1S/C23H24FN3O3S/c1-2-9-25-10-12-26(13-11-25)21(28)15-27-19-8-5-17(14-20(19)31-23(27)30)22(29)16-3-6-18(24)7-4-16/h3-8,14H,2,9-13,15H2,1H3. The van der Waals surface area contributed by atoms with Gasteiger partial charge < -0.3 is 4.90 Å². The summed E-state index contributed by atoms with van der Waals surface area (Å²) in [6.45, 7) is 6.23. The number of amides is 1. The summed E-state index contributed by atoms with van der Waals surface area (Å²) in [5, 5.41) is 0. The lowest BCUT2D eigenvalue weighted by molar-refractivity contribution is -0.133. The van der Waals surface area contributed by atoms with Crippen molar-refractivity contribution in [1.82, 2.24) is 14.4 Å². The molecule has 6 nitrogen and oxygen atoms in total. The lowest BCUT2D eigenvalue weighted by Crippen LogP contribution is -2.49. The van der Waals surface area contributed by atoms with Gasteiger partial charge in [0, 0.05) is 37.3 Å². The topological polar surface area (TPSA) is 62.6 Å². The van der Waals surface area contributed by atoms with E-state index in [1.54, 1.807) is 18.2 Å². The van der Waals surface area contributed by atoms with Crippen LogP contribution in [0.4, 0.5) is 4.39 Å². The highest BCUT2D eigenvalue weighted by atomic mass is 32.1. The van der Waals surface area contributed by atoms with Crippen LogP contribution in [0.25, 0.3) is 10.2 Å². The maximum Gasteiger partial charge on any atom is 0.308 e. The third-order valence-corrected chi connectivity index (χ3v) is 6.54. The van der Waals surface area contributed by atoms with Crippen LogP contribution in [0.3, 0.4) is 0 Å². The Morgan fingerprint density at radius 2 is 1.68 bits per heavy atom. The van der Waals surface area contributed by atoms with E-state index in [1.807, 2.05) is 4.90 Å². The van der Waals surface area contributed by atoms with Gasteiger partial charge >= 0.3 is 4.87 Å². The maximum atomic E-state index is 13.1. The first-order valence-electron chi connectivity index (χ1n) is 10.4. The fourth-order valence-electron chi connectivity index (χ4n) is 3.90. The van der Waals surface area contributed by atoms with Crippen molar-refractivity contribution in [1.29, 1.82) is 0 Å². The predicted molar refractivity (Wildman–Crippen MR) is 119 cm³/mol. The number of rotatable bonds is 6. The number of aromatic nitrogens is 1. The van der Waals surface area contributed by atoms with Gasteiger partial charge in [-0.05, 0) is 55.4 Å². The first-order valence-corrected chi connectivity index (χ1v) is 11.2. The molecule has 0 bridgehead atoms. The Morgan fingerprint density at radius 1 is 1.00 bits per heavy atom. The molecule has 3 aromatic rings. The Bertz CT molecular complexity index is 1160. The number of carbonyl (C=O) groups excluding carboxylic acids is 2. The molecule has 0 saturated carbocycles. The van der Waals surface area contributed by atoms with E-state index in [1.165, 1.54) is 28.8 Å². The minimum absolute atomic E-state index is 0.00212. The molecule has 0 radical (unpaired) electrons. The number of hydrogen-bond donors (Lipinski definition) is 0.